The topological polar surface area (TPSA) is 49.9 Å². The van der Waals surface area contributed by atoms with Gasteiger partial charge in [0, 0.05) is 31.7 Å². The second-order valence-corrected chi connectivity index (χ2v) is 7.84. The summed E-state index contributed by atoms with van der Waals surface area (Å²) in [6.07, 6.45) is -0.411. The summed E-state index contributed by atoms with van der Waals surface area (Å²) in [5, 5.41) is 0. The van der Waals surface area contributed by atoms with Crippen LogP contribution >= 0.6 is 0 Å². The first-order valence-corrected chi connectivity index (χ1v) is 10.1. The van der Waals surface area contributed by atoms with Gasteiger partial charge < -0.3 is 14.5 Å². The first kappa shape index (κ1) is 21.9. The zero-order chi connectivity index (χ0) is 21.7. The standard InChI is InChI=1S/C23H26F2N2O3/c1-16(2)13-27(23(29)20-8-3-4-9-21(20)25)15-19-14-26(10-11-30-19)22(28)17-6-5-7-18(24)12-17/h3-9,12,16,19H,10-11,13-15H2,1-2H3. The van der Waals surface area contributed by atoms with E-state index in [9.17, 15) is 18.4 Å². The van der Waals surface area contributed by atoms with Crippen LogP contribution in [-0.2, 0) is 4.74 Å². The molecule has 1 aliphatic heterocycles. The summed E-state index contributed by atoms with van der Waals surface area (Å²) in [5.41, 5.74) is 0.291. The number of halogens is 2. The Balaban J connectivity index is 1.72. The summed E-state index contributed by atoms with van der Waals surface area (Å²) in [6, 6.07) is 11.5. The van der Waals surface area contributed by atoms with Crippen molar-refractivity contribution in [3.05, 3.63) is 71.3 Å². The van der Waals surface area contributed by atoms with Crippen molar-refractivity contribution in [3.63, 3.8) is 0 Å². The average Bonchev–Trinajstić information content (AvgIpc) is 2.72. The fourth-order valence-corrected chi connectivity index (χ4v) is 3.55. The Labute approximate surface area is 175 Å². The molecule has 1 unspecified atom stereocenters. The quantitative estimate of drug-likeness (QED) is 0.723. The molecule has 1 saturated heterocycles. The number of hydrogen-bond acceptors (Lipinski definition) is 3. The molecule has 2 amide bonds. The van der Waals surface area contributed by atoms with Crippen molar-refractivity contribution in [1.29, 1.82) is 0 Å². The number of benzene rings is 2. The van der Waals surface area contributed by atoms with Gasteiger partial charge in [-0.15, -0.1) is 0 Å². The number of amides is 2. The van der Waals surface area contributed by atoms with Crippen LogP contribution in [-0.4, -0.2) is 60.5 Å². The molecule has 1 atom stereocenters. The SMILES string of the molecule is CC(C)CN(CC1CN(C(=O)c2cccc(F)c2)CCO1)C(=O)c1ccccc1F. The molecule has 30 heavy (non-hydrogen) atoms. The van der Waals surface area contributed by atoms with Crippen LogP contribution < -0.4 is 0 Å². The van der Waals surface area contributed by atoms with Crippen molar-refractivity contribution in [2.24, 2.45) is 5.92 Å². The smallest absolute Gasteiger partial charge is 0.256 e. The second-order valence-electron chi connectivity index (χ2n) is 7.84. The van der Waals surface area contributed by atoms with E-state index in [1.54, 1.807) is 28.0 Å². The number of rotatable bonds is 6. The summed E-state index contributed by atoms with van der Waals surface area (Å²) in [5.74, 6) is -1.54. The van der Waals surface area contributed by atoms with Gasteiger partial charge in [0.2, 0.25) is 0 Å². The Bertz CT molecular complexity index is 904. The van der Waals surface area contributed by atoms with E-state index in [1.807, 2.05) is 13.8 Å². The molecule has 7 heteroatoms. The van der Waals surface area contributed by atoms with Gasteiger partial charge in [-0.05, 0) is 36.2 Å². The number of carbonyl (C=O) groups is 2. The highest BCUT2D eigenvalue weighted by atomic mass is 19.1. The van der Waals surface area contributed by atoms with Gasteiger partial charge in [-0.25, -0.2) is 8.78 Å². The van der Waals surface area contributed by atoms with E-state index in [1.165, 1.54) is 30.3 Å². The summed E-state index contributed by atoms with van der Waals surface area (Å²) in [6.45, 7) is 5.59. The van der Waals surface area contributed by atoms with Crippen LogP contribution in [0.3, 0.4) is 0 Å². The molecule has 0 spiro atoms. The van der Waals surface area contributed by atoms with Crippen LogP contribution in [0.5, 0.6) is 0 Å². The largest absolute Gasteiger partial charge is 0.373 e. The maximum atomic E-state index is 14.1. The second kappa shape index (κ2) is 9.80. The third-order valence-electron chi connectivity index (χ3n) is 4.90. The van der Waals surface area contributed by atoms with Crippen molar-refractivity contribution >= 4 is 11.8 Å². The molecule has 0 radical (unpaired) electrons. The molecule has 160 valence electrons. The van der Waals surface area contributed by atoms with Crippen molar-refractivity contribution in [2.75, 3.05) is 32.8 Å². The summed E-state index contributed by atoms with van der Waals surface area (Å²) in [4.78, 5) is 28.9. The molecule has 5 nitrogen and oxygen atoms in total. The van der Waals surface area contributed by atoms with Crippen molar-refractivity contribution in [2.45, 2.75) is 20.0 Å². The highest BCUT2D eigenvalue weighted by Crippen LogP contribution is 2.16. The van der Waals surface area contributed by atoms with Gasteiger partial charge in [-0.3, -0.25) is 9.59 Å². The molecule has 2 aromatic rings. The monoisotopic (exact) mass is 416 g/mol. The molecule has 3 rings (SSSR count). The molecule has 1 fully saturated rings. The fraction of sp³-hybridized carbons (Fsp3) is 0.391. The summed E-state index contributed by atoms with van der Waals surface area (Å²) >= 11 is 0. The Kier molecular flexibility index (Phi) is 7.15. The molecule has 1 heterocycles. The molecule has 2 aromatic carbocycles. The van der Waals surface area contributed by atoms with E-state index in [0.717, 1.165) is 0 Å². The molecule has 1 aliphatic rings. The van der Waals surface area contributed by atoms with Crippen LogP contribution in [0.1, 0.15) is 34.6 Å². The van der Waals surface area contributed by atoms with Gasteiger partial charge in [0.25, 0.3) is 11.8 Å². The Morgan fingerprint density at radius 2 is 1.93 bits per heavy atom. The highest BCUT2D eigenvalue weighted by molar-refractivity contribution is 5.95. The van der Waals surface area contributed by atoms with Gasteiger partial charge in [0.1, 0.15) is 11.6 Å². The lowest BCUT2D eigenvalue weighted by Crippen LogP contribution is -2.51. The van der Waals surface area contributed by atoms with Crippen LogP contribution in [0, 0.1) is 17.6 Å². The predicted molar refractivity (Wildman–Crippen MR) is 109 cm³/mol. The lowest BCUT2D eigenvalue weighted by molar-refractivity contribution is -0.0340. The number of carbonyl (C=O) groups excluding carboxylic acids is 2. The van der Waals surface area contributed by atoms with Crippen molar-refractivity contribution in [3.8, 4) is 0 Å². The minimum Gasteiger partial charge on any atom is -0.373 e. The van der Waals surface area contributed by atoms with Crippen LogP contribution in [0.4, 0.5) is 8.78 Å². The zero-order valence-electron chi connectivity index (χ0n) is 17.2. The van der Waals surface area contributed by atoms with Gasteiger partial charge in [-0.1, -0.05) is 32.0 Å². The minimum absolute atomic E-state index is 0.0154. The molecular weight excluding hydrogens is 390 g/mol. The van der Waals surface area contributed by atoms with E-state index in [-0.39, 0.29) is 36.0 Å². The normalized spacial score (nSPS) is 16.6. The Hall–Kier alpha value is -2.80. The number of hydrogen-bond donors (Lipinski definition) is 0. The van der Waals surface area contributed by atoms with Gasteiger partial charge in [-0.2, -0.15) is 0 Å². The first-order valence-electron chi connectivity index (χ1n) is 10.1. The molecular formula is C23H26F2N2O3. The van der Waals surface area contributed by atoms with Gasteiger partial charge in [0.15, 0.2) is 0 Å². The van der Waals surface area contributed by atoms with Gasteiger partial charge >= 0.3 is 0 Å². The Morgan fingerprint density at radius 1 is 1.17 bits per heavy atom. The van der Waals surface area contributed by atoms with Crippen molar-refractivity contribution < 1.29 is 23.1 Å². The lowest BCUT2D eigenvalue weighted by Gasteiger charge is -2.36. The summed E-state index contributed by atoms with van der Waals surface area (Å²) < 4.78 is 33.4. The van der Waals surface area contributed by atoms with E-state index in [2.05, 4.69) is 0 Å². The van der Waals surface area contributed by atoms with E-state index < -0.39 is 23.6 Å². The van der Waals surface area contributed by atoms with Crippen LogP contribution in [0.15, 0.2) is 48.5 Å². The zero-order valence-corrected chi connectivity index (χ0v) is 17.2. The number of nitrogens with zero attached hydrogens (tertiary/aromatic N) is 2. The fourth-order valence-electron chi connectivity index (χ4n) is 3.55. The number of ether oxygens (including phenoxy) is 1. The molecule has 0 bridgehead atoms. The van der Waals surface area contributed by atoms with Crippen molar-refractivity contribution in [1.82, 2.24) is 9.80 Å². The third-order valence-corrected chi connectivity index (χ3v) is 4.90. The van der Waals surface area contributed by atoms with Crippen LogP contribution in [0.25, 0.3) is 0 Å². The highest BCUT2D eigenvalue weighted by Gasteiger charge is 2.29. The van der Waals surface area contributed by atoms with E-state index in [0.29, 0.717) is 19.7 Å². The number of morpholine rings is 1. The van der Waals surface area contributed by atoms with E-state index in [4.69, 9.17) is 4.74 Å². The summed E-state index contributed by atoms with van der Waals surface area (Å²) in [7, 11) is 0. The molecule has 0 saturated carbocycles. The first-order chi connectivity index (χ1) is 14.3. The third kappa shape index (κ3) is 5.42. The maximum Gasteiger partial charge on any atom is 0.256 e. The molecule has 0 N–H and O–H groups in total. The van der Waals surface area contributed by atoms with E-state index >= 15 is 0 Å². The molecule has 0 aromatic heterocycles. The average molecular weight is 416 g/mol. The minimum atomic E-state index is -0.566. The Morgan fingerprint density at radius 3 is 2.63 bits per heavy atom. The lowest BCUT2D eigenvalue weighted by atomic mass is 10.1. The predicted octanol–water partition coefficient (Wildman–Crippen LogP) is 3.60. The van der Waals surface area contributed by atoms with Crippen LogP contribution in [0.2, 0.25) is 0 Å². The molecule has 0 aliphatic carbocycles. The van der Waals surface area contributed by atoms with Gasteiger partial charge in [0.05, 0.1) is 18.3 Å². The maximum absolute atomic E-state index is 14.1.